The second kappa shape index (κ2) is 7.70. The summed E-state index contributed by atoms with van der Waals surface area (Å²) in [6.07, 6.45) is 5.69. The number of hydrogen-bond donors (Lipinski definition) is 0. The summed E-state index contributed by atoms with van der Waals surface area (Å²) in [7, 11) is 0. The van der Waals surface area contributed by atoms with Crippen LogP contribution >= 0.6 is 0 Å². The van der Waals surface area contributed by atoms with Crippen molar-refractivity contribution in [2.24, 2.45) is 5.92 Å². The fraction of sp³-hybridized carbons (Fsp3) is 0.261. The third-order valence-corrected chi connectivity index (χ3v) is 5.18. The molecule has 27 heavy (non-hydrogen) atoms. The summed E-state index contributed by atoms with van der Waals surface area (Å²) in [6, 6.07) is 20.2. The van der Waals surface area contributed by atoms with Gasteiger partial charge in [0.1, 0.15) is 0 Å². The minimum Gasteiger partial charge on any atom is -0.331 e. The molecule has 1 atom stereocenters. The van der Waals surface area contributed by atoms with Crippen LogP contribution in [0, 0.1) is 5.92 Å². The van der Waals surface area contributed by atoms with Gasteiger partial charge in [0.05, 0.1) is 5.56 Å². The highest BCUT2D eigenvalue weighted by atomic mass is 16.2. The molecule has 1 aliphatic carbocycles. The van der Waals surface area contributed by atoms with E-state index in [9.17, 15) is 4.79 Å². The molecule has 1 amide bonds. The number of amides is 1. The van der Waals surface area contributed by atoms with Crippen LogP contribution in [0.15, 0.2) is 73.1 Å². The van der Waals surface area contributed by atoms with Gasteiger partial charge in [-0.15, -0.1) is 0 Å². The van der Waals surface area contributed by atoms with Crippen molar-refractivity contribution in [1.82, 2.24) is 14.9 Å². The van der Waals surface area contributed by atoms with Gasteiger partial charge in [0.15, 0.2) is 5.82 Å². The van der Waals surface area contributed by atoms with E-state index in [0.29, 0.717) is 23.9 Å². The van der Waals surface area contributed by atoms with E-state index in [0.717, 1.165) is 11.1 Å². The van der Waals surface area contributed by atoms with Crippen LogP contribution in [0.4, 0.5) is 0 Å². The van der Waals surface area contributed by atoms with Gasteiger partial charge in [0.2, 0.25) is 0 Å². The van der Waals surface area contributed by atoms with Crippen molar-refractivity contribution in [3.8, 4) is 11.4 Å². The molecule has 3 aromatic rings. The summed E-state index contributed by atoms with van der Waals surface area (Å²) < 4.78 is 0. The lowest BCUT2D eigenvalue weighted by molar-refractivity contribution is 0.0653. The van der Waals surface area contributed by atoms with Gasteiger partial charge in [-0.25, -0.2) is 9.97 Å². The predicted octanol–water partition coefficient (Wildman–Crippen LogP) is 4.58. The number of nitrogens with zero attached hydrogens (tertiary/aromatic N) is 3. The van der Waals surface area contributed by atoms with E-state index in [1.165, 1.54) is 12.8 Å². The van der Waals surface area contributed by atoms with Gasteiger partial charge in [-0.05, 0) is 31.2 Å². The van der Waals surface area contributed by atoms with Crippen LogP contribution in [0.1, 0.15) is 35.7 Å². The van der Waals surface area contributed by atoms with Crippen molar-refractivity contribution in [3.63, 3.8) is 0 Å². The largest absolute Gasteiger partial charge is 0.331 e. The fourth-order valence-corrected chi connectivity index (χ4v) is 3.35. The summed E-state index contributed by atoms with van der Waals surface area (Å²) in [5.74, 6) is 1.23. The summed E-state index contributed by atoms with van der Waals surface area (Å²) in [5, 5.41) is 0. The molecule has 0 bridgehead atoms. The summed E-state index contributed by atoms with van der Waals surface area (Å²) in [4.78, 5) is 24.0. The van der Waals surface area contributed by atoms with Crippen molar-refractivity contribution in [3.05, 3.63) is 84.2 Å². The molecule has 0 radical (unpaired) electrons. The van der Waals surface area contributed by atoms with E-state index >= 15 is 0 Å². The topological polar surface area (TPSA) is 46.1 Å². The molecule has 1 heterocycles. The lowest BCUT2D eigenvalue weighted by Gasteiger charge is -2.29. The predicted molar refractivity (Wildman–Crippen MR) is 106 cm³/mol. The Morgan fingerprint density at radius 1 is 1.00 bits per heavy atom. The first-order chi connectivity index (χ1) is 13.2. The highest BCUT2D eigenvalue weighted by molar-refractivity contribution is 5.94. The van der Waals surface area contributed by atoms with E-state index in [4.69, 9.17) is 0 Å². The standard InChI is InChI=1S/C23H23N3O/c1-17(19-12-13-19)26(16-18-8-4-2-5-9-18)23(27)21-14-24-22(25-15-21)20-10-6-3-7-11-20/h2-11,14-15,17,19H,12-13,16H2,1H3. The summed E-state index contributed by atoms with van der Waals surface area (Å²) in [6.45, 7) is 2.76. The quantitative estimate of drug-likeness (QED) is 0.648. The molecule has 0 aliphatic heterocycles. The normalized spacial score (nSPS) is 14.6. The molecule has 1 aliphatic rings. The van der Waals surface area contributed by atoms with Crippen molar-refractivity contribution >= 4 is 5.91 Å². The Labute approximate surface area is 159 Å². The maximum atomic E-state index is 13.2. The van der Waals surface area contributed by atoms with Crippen LogP contribution in [0.5, 0.6) is 0 Å². The molecule has 1 aromatic heterocycles. The van der Waals surface area contributed by atoms with Gasteiger partial charge in [-0.1, -0.05) is 60.7 Å². The minimum absolute atomic E-state index is 0.00198. The third-order valence-electron chi connectivity index (χ3n) is 5.18. The Hall–Kier alpha value is -3.01. The maximum absolute atomic E-state index is 13.2. The van der Waals surface area contributed by atoms with Gasteiger partial charge >= 0.3 is 0 Å². The SMILES string of the molecule is CC(C1CC1)N(Cc1ccccc1)C(=O)c1cnc(-c2ccccc2)nc1. The van der Waals surface area contributed by atoms with Gasteiger partial charge < -0.3 is 4.90 Å². The molecule has 0 spiro atoms. The molecular formula is C23H23N3O. The second-order valence-electron chi connectivity index (χ2n) is 7.16. The third kappa shape index (κ3) is 4.05. The lowest BCUT2D eigenvalue weighted by atomic mass is 10.1. The van der Waals surface area contributed by atoms with E-state index < -0.39 is 0 Å². The molecule has 0 saturated heterocycles. The summed E-state index contributed by atoms with van der Waals surface area (Å²) >= 11 is 0. The Kier molecular flexibility index (Phi) is 4.97. The first-order valence-electron chi connectivity index (χ1n) is 9.45. The Balaban J connectivity index is 1.57. The van der Waals surface area contributed by atoms with Crippen LogP contribution in [-0.2, 0) is 6.54 Å². The zero-order valence-corrected chi connectivity index (χ0v) is 15.5. The summed E-state index contributed by atoms with van der Waals surface area (Å²) in [5.41, 5.74) is 2.63. The Morgan fingerprint density at radius 3 is 2.19 bits per heavy atom. The van der Waals surface area contributed by atoms with Crippen molar-refractivity contribution in [2.45, 2.75) is 32.4 Å². The first kappa shape index (κ1) is 17.4. The molecule has 1 unspecified atom stereocenters. The van der Waals surface area contributed by atoms with Crippen LogP contribution in [0.3, 0.4) is 0 Å². The number of carbonyl (C=O) groups excluding carboxylic acids is 1. The van der Waals surface area contributed by atoms with Crippen molar-refractivity contribution in [1.29, 1.82) is 0 Å². The van der Waals surface area contributed by atoms with Crippen LogP contribution in [-0.4, -0.2) is 26.8 Å². The molecule has 4 nitrogen and oxygen atoms in total. The first-order valence-corrected chi connectivity index (χ1v) is 9.45. The molecule has 136 valence electrons. The monoisotopic (exact) mass is 357 g/mol. The van der Waals surface area contributed by atoms with Gasteiger partial charge in [-0.2, -0.15) is 0 Å². The fourth-order valence-electron chi connectivity index (χ4n) is 3.35. The van der Waals surface area contributed by atoms with Gasteiger partial charge in [0, 0.05) is 30.5 Å². The van der Waals surface area contributed by atoms with Crippen molar-refractivity contribution < 1.29 is 4.79 Å². The highest BCUT2D eigenvalue weighted by Gasteiger charge is 2.34. The average Bonchev–Trinajstić information content (AvgIpc) is 3.58. The number of carbonyl (C=O) groups is 1. The van der Waals surface area contributed by atoms with Crippen LogP contribution < -0.4 is 0 Å². The van der Waals surface area contributed by atoms with E-state index in [2.05, 4.69) is 29.0 Å². The number of hydrogen-bond acceptors (Lipinski definition) is 3. The number of rotatable bonds is 6. The maximum Gasteiger partial charge on any atom is 0.257 e. The molecule has 1 saturated carbocycles. The smallest absolute Gasteiger partial charge is 0.257 e. The van der Waals surface area contributed by atoms with Gasteiger partial charge in [0.25, 0.3) is 5.91 Å². The highest BCUT2D eigenvalue weighted by Crippen LogP contribution is 2.36. The Morgan fingerprint density at radius 2 is 1.59 bits per heavy atom. The Bertz CT molecular complexity index is 890. The molecule has 0 N–H and O–H groups in total. The molecule has 1 fully saturated rings. The number of aromatic nitrogens is 2. The van der Waals surface area contributed by atoms with Crippen LogP contribution in [0.25, 0.3) is 11.4 Å². The van der Waals surface area contributed by atoms with Crippen LogP contribution in [0.2, 0.25) is 0 Å². The zero-order valence-electron chi connectivity index (χ0n) is 15.5. The van der Waals surface area contributed by atoms with E-state index in [1.807, 2.05) is 53.4 Å². The minimum atomic E-state index is -0.00198. The number of benzene rings is 2. The lowest BCUT2D eigenvalue weighted by Crippen LogP contribution is -2.39. The average molecular weight is 357 g/mol. The van der Waals surface area contributed by atoms with Gasteiger partial charge in [-0.3, -0.25) is 4.79 Å². The van der Waals surface area contributed by atoms with Crippen molar-refractivity contribution in [2.75, 3.05) is 0 Å². The van der Waals surface area contributed by atoms with E-state index in [1.54, 1.807) is 12.4 Å². The molecular weight excluding hydrogens is 334 g/mol. The zero-order chi connectivity index (χ0) is 18.6. The molecule has 4 rings (SSSR count). The van der Waals surface area contributed by atoms with E-state index in [-0.39, 0.29) is 11.9 Å². The second-order valence-corrected chi connectivity index (χ2v) is 7.16. The molecule has 4 heteroatoms. The molecule has 2 aromatic carbocycles.